The van der Waals surface area contributed by atoms with Gasteiger partial charge >= 0.3 is 0 Å². The summed E-state index contributed by atoms with van der Waals surface area (Å²) in [5.74, 6) is -0.333. The van der Waals surface area contributed by atoms with E-state index in [1.54, 1.807) is 4.68 Å². The SMILES string of the molecule is CCc1nnc2n1N=C(c1ccc(C)cc1)[C@@H](CC(=O)[O-])S2. The number of hydrogen-bond acceptors (Lipinski definition) is 6. The summed E-state index contributed by atoms with van der Waals surface area (Å²) in [5.41, 5.74) is 2.77. The summed E-state index contributed by atoms with van der Waals surface area (Å²) in [4.78, 5) is 11.0. The van der Waals surface area contributed by atoms with Crippen LogP contribution in [0, 0.1) is 6.92 Å². The Morgan fingerprint density at radius 1 is 1.32 bits per heavy atom. The third kappa shape index (κ3) is 2.76. The van der Waals surface area contributed by atoms with Crippen molar-refractivity contribution in [1.29, 1.82) is 0 Å². The van der Waals surface area contributed by atoms with Gasteiger partial charge < -0.3 is 9.90 Å². The van der Waals surface area contributed by atoms with Crippen LogP contribution in [0.4, 0.5) is 0 Å². The molecule has 1 aliphatic heterocycles. The molecule has 1 aromatic carbocycles. The number of carboxylic acid groups (broad SMARTS) is 1. The van der Waals surface area contributed by atoms with Gasteiger partial charge in [-0.05, 0) is 12.5 Å². The molecule has 0 saturated carbocycles. The Morgan fingerprint density at radius 2 is 2.05 bits per heavy atom. The molecule has 2 aromatic rings. The average molecular weight is 315 g/mol. The Kier molecular flexibility index (Phi) is 3.98. The minimum atomic E-state index is -1.10. The summed E-state index contributed by atoms with van der Waals surface area (Å²) in [6.07, 6.45) is 0.606. The largest absolute Gasteiger partial charge is 0.550 e. The number of fused-ring (bicyclic) bond motifs is 1. The van der Waals surface area contributed by atoms with Gasteiger partial charge in [-0.15, -0.1) is 10.2 Å². The van der Waals surface area contributed by atoms with Crippen molar-refractivity contribution in [2.45, 2.75) is 37.1 Å². The summed E-state index contributed by atoms with van der Waals surface area (Å²) >= 11 is 1.37. The number of aromatic nitrogens is 3. The first-order valence-electron chi connectivity index (χ1n) is 7.05. The maximum atomic E-state index is 11.0. The Morgan fingerprint density at radius 3 is 2.68 bits per heavy atom. The molecule has 0 N–H and O–H groups in total. The molecule has 0 unspecified atom stereocenters. The van der Waals surface area contributed by atoms with E-state index in [0.717, 1.165) is 22.7 Å². The molecule has 1 aromatic heterocycles. The van der Waals surface area contributed by atoms with Crippen molar-refractivity contribution in [3.63, 3.8) is 0 Å². The zero-order chi connectivity index (χ0) is 15.7. The molecular weight excluding hydrogens is 300 g/mol. The lowest BCUT2D eigenvalue weighted by molar-refractivity contribution is -0.305. The van der Waals surface area contributed by atoms with Crippen LogP contribution in [-0.4, -0.2) is 31.8 Å². The quantitative estimate of drug-likeness (QED) is 0.841. The van der Waals surface area contributed by atoms with Crippen LogP contribution in [0.15, 0.2) is 34.5 Å². The van der Waals surface area contributed by atoms with Gasteiger partial charge in [-0.25, -0.2) is 0 Å². The fourth-order valence-corrected chi connectivity index (χ4v) is 3.41. The zero-order valence-electron chi connectivity index (χ0n) is 12.3. The molecule has 114 valence electrons. The molecular formula is C15H15N4O2S-. The van der Waals surface area contributed by atoms with E-state index in [9.17, 15) is 9.90 Å². The molecule has 0 aliphatic carbocycles. The van der Waals surface area contributed by atoms with E-state index >= 15 is 0 Å². The first-order valence-corrected chi connectivity index (χ1v) is 7.93. The van der Waals surface area contributed by atoms with E-state index in [4.69, 9.17) is 0 Å². The van der Waals surface area contributed by atoms with Crippen molar-refractivity contribution >= 4 is 23.4 Å². The van der Waals surface area contributed by atoms with Crippen molar-refractivity contribution in [1.82, 2.24) is 14.9 Å². The van der Waals surface area contributed by atoms with Gasteiger partial charge in [0.25, 0.3) is 0 Å². The third-order valence-electron chi connectivity index (χ3n) is 3.45. The van der Waals surface area contributed by atoms with Gasteiger partial charge in [-0.3, -0.25) is 0 Å². The second kappa shape index (κ2) is 5.92. The predicted octanol–water partition coefficient (Wildman–Crippen LogP) is 1.02. The van der Waals surface area contributed by atoms with Crippen molar-refractivity contribution in [3.8, 4) is 0 Å². The number of carbonyl (C=O) groups excluding carboxylic acids is 1. The number of carboxylic acids is 1. The highest BCUT2D eigenvalue weighted by Crippen LogP contribution is 2.32. The molecule has 6 nitrogen and oxygen atoms in total. The van der Waals surface area contributed by atoms with E-state index < -0.39 is 5.97 Å². The molecule has 0 radical (unpaired) electrons. The number of nitrogens with zero attached hydrogens (tertiary/aromatic N) is 4. The monoisotopic (exact) mass is 315 g/mol. The predicted molar refractivity (Wildman–Crippen MR) is 81.8 cm³/mol. The standard InChI is InChI=1S/C15H16N4O2S/c1-3-12-16-17-15-19(12)18-14(11(22-15)8-13(20)21)10-6-4-9(2)5-7-10/h4-7,11H,3,8H2,1-2H3,(H,20,21)/p-1/t11-/m1/s1. The smallest absolute Gasteiger partial charge is 0.212 e. The van der Waals surface area contributed by atoms with Crippen molar-refractivity contribution in [2.24, 2.45) is 5.10 Å². The van der Waals surface area contributed by atoms with Gasteiger partial charge in [-0.1, -0.05) is 48.5 Å². The van der Waals surface area contributed by atoms with Crippen LogP contribution in [0.5, 0.6) is 0 Å². The molecule has 3 rings (SSSR count). The Bertz CT molecular complexity index is 737. The summed E-state index contributed by atoms with van der Waals surface area (Å²) in [5, 5.41) is 24.1. The maximum Gasteiger partial charge on any atom is 0.212 e. The second-order valence-electron chi connectivity index (χ2n) is 5.10. The number of benzene rings is 1. The lowest BCUT2D eigenvalue weighted by Gasteiger charge is -2.23. The number of rotatable bonds is 4. The lowest BCUT2D eigenvalue weighted by Crippen LogP contribution is -2.33. The molecule has 1 atom stereocenters. The molecule has 0 amide bonds. The van der Waals surface area contributed by atoms with E-state index in [2.05, 4.69) is 15.3 Å². The van der Waals surface area contributed by atoms with Gasteiger partial charge in [0.2, 0.25) is 5.16 Å². The first kappa shape index (κ1) is 14.8. The highest BCUT2D eigenvalue weighted by Gasteiger charge is 2.28. The second-order valence-corrected chi connectivity index (χ2v) is 6.27. The summed E-state index contributed by atoms with van der Waals surface area (Å²) < 4.78 is 1.70. The van der Waals surface area contributed by atoms with Crippen LogP contribution < -0.4 is 5.11 Å². The van der Waals surface area contributed by atoms with Crippen LogP contribution in [0.3, 0.4) is 0 Å². The van der Waals surface area contributed by atoms with Crippen molar-refractivity contribution in [3.05, 3.63) is 41.2 Å². The minimum absolute atomic E-state index is 0.105. The molecule has 0 saturated heterocycles. The zero-order valence-corrected chi connectivity index (χ0v) is 13.1. The highest BCUT2D eigenvalue weighted by atomic mass is 32.2. The summed E-state index contributed by atoms with van der Waals surface area (Å²) in [6.45, 7) is 3.99. The molecule has 7 heteroatoms. The maximum absolute atomic E-state index is 11.0. The van der Waals surface area contributed by atoms with Gasteiger partial charge in [0.05, 0.1) is 11.0 Å². The lowest BCUT2D eigenvalue weighted by atomic mass is 10.0. The summed E-state index contributed by atoms with van der Waals surface area (Å²) in [6, 6.07) is 7.89. The van der Waals surface area contributed by atoms with E-state index in [0.29, 0.717) is 11.6 Å². The van der Waals surface area contributed by atoms with Crippen LogP contribution in [-0.2, 0) is 11.2 Å². The normalized spacial score (nSPS) is 17.0. The van der Waals surface area contributed by atoms with Crippen LogP contribution in [0.2, 0.25) is 0 Å². The number of aliphatic carboxylic acids is 1. The number of thioether (sulfide) groups is 1. The van der Waals surface area contributed by atoms with Crippen LogP contribution in [0.1, 0.15) is 30.3 Å². The first-order chi connectivity index (χ1) is 10.6. The molecule has 22 heavy (non-hydrogen) atoms. The van der Waals surface area contributed by atoms with Gasteiger partial charge in [0, 0.05) is 18.8 Å². The van der Waals surface area contributed by atoms with Crippen molar-refractivity contribution in [2.75, 3.05) is 0 Å². The van der Waals surface area contributed by atoms with Gasteiger partial charge in [0.1, 0.15) is 0 Å². The fraction of sp³-hybridized carbons (Fsp3) is 0.333. The van der Waals surface area contributed by atoms with Gasteiger partial charge in [0.15, 0.2) is 5.82 Å². The molecule has 1 aliphatic rings. The summed E-state index contributed by atoms with van der Waals surface area (Å²) in [7, 11) is 0. The van der Waals surface area contributed by atoms with E-state index in [1.165, 1.54) is 11.8 Å². The number of carbonyl (C=O) groups is 1. The molecule has 2 heterocycles. The number of hydrogen-bond donors (Lipinski definition) is 0. The number of aryl methyl sites for hydroxylation is 2. The van der Waals surface area contributed by atoms with E-state index in [1.807, 2.05) is 38.1 Å². The average Bonchev–Trinajstić information content (AvgIpc) is 2.88. The van der Waals surface area contributed by atoms with Gasteiger partial charge in [-0.2, -0.15) is 9.78 Å². The fourth-order valence-electron chi connectivity index (χ4n) is 2.30. The Labute approximate surface area is 132 Å². The third-order valence-corrected chi connectivity index (χ3v) is 4.59. The van der Waals surface area contributed by atoms with Crippen LogP contribution >= 0.6 is 11.8 Å². The Hall–Kier alpha value is -2.15. The Balaban J connectivity index is 2.07. The molecule has 0 fully saturated rings. The topological polar surface area (TPSA) is 83.2 Å². The van der Waals surface area contributed by atoms with Crippen LogP contribution in [0.25, 0.3) is 0 Å². The molecule has 0 bridgehead atoms. The molecule has 0 spiro atoms. The highest BCUT2D eigenvalue weighted by molar-refractivity contribution is 8.00. The van der Waals surface area contributed by atoms with E-state index in [-0.39, 0.29) is 11.7 Å². The minimum Gasteiger partial charge on any atom is -0.550 e. The van der Waals surface area contributed by atoms with Crippen molar-refractivity contribution < 1.29 is 9.90 Å².